The Hall–Kier alpha value is -1.74. The van der Waals surface area contributed by atoms with Crippen LogP contribution in [0.5, 0.6) is 0 Å². The average Bonchev–Trinajstić information content (AvgIpc) is 2.92. The van der Waals surface area contributed by atoms with E-state index in [0.29, 0.717) is 19.5 Å². The van der Waals surface area contributed by atoms with Gasteiger partial charge in [0.2, 0.25) is 10.0 Å². The van der Waals surface area contributed by atoms with Crippen LogP contribution in [0.2, 0.25) is 0 Å². The molecule has 0 aliphatic rings. The zero-order chi connectivity index (χ0) is 18.4. The van der Waals surface area contributed by atoms with Crippen molar-refractivity contribution in [3.05, 3.63) is 51.7 Å². The van der Waals surface area contributed by atoms with Crippen LogP contribution in [0.3, 0.4) is 0 Å². The standard InChI is InChI=1S/C17H23N3O3S2/c1-13-8-10-24-16(13)11-20(2)12-17(21)19-9-7-14-3-5-15(6-4-14)25(18,22)23/h3-6,8,10H,7,9,11-12H2,1-2H3,(H,19,21)(H2,18,22,23)/p+1. The number of carbonyl (C=O) groups is 1. The molecule has 1 heterocycles. The van der Waals surface area contributed by atoms with Gasteiger partial charge in [0.25, 0.3) is 5.91 Å². The summed E-state index contributed by atoms with van der Waals surface area (Å²) in [6.07, 6.45) is 0.639. The molecule has 2 rings (SSSR count). The highest BCUT2D eigenvalue weighted by atomic mass is 32.2. The molecule has 0 aliphatic carbocycles. The number of carbonyl (C=O) groups excluding carboxylic acids is 1. The predicted octanol–water partition coefficient (Wildman–Crippen LogP) is 0.0775. The molecule has 2 aromatic rings. The quantitative estimate of drug-likeness (QED) is 0.603. The molecule has 1 aromatic carbocycles. The molecule has 25 heavy (non-hydrogen) atoms. The third-order valence-corrected chi connectivity index (χ3v) is 5.83. The van der Waals surface area contributed by atoms with Crippen LogP contribution in [-0.4, -0.2) is 34.5 Å². The van der Waals surface area contributed by atoms with Gasteiger partial charge in [-0.05, 0) is 48.1 Å². The lowest BCUT2D eigenvalue weighted by Gasteiger charge is -2.13. The average molecular weight is 383 g/mol. The summed E-state index contributed by atoms with van der Waals surface area (Å²) in [6, 6.07) is 8.47. The molecule has 1 amide bonds. The van der Waals surface area contributed by atoms with Crippen LogP contribution in [0.15, 0.2) is 40.6 Å². The van der Waals surface area contributed by atoms with Crippen molar-refractivity contribution < 1.29 is 18.1 Å². The highest BCUT2D eigenvalue weighted by molar-refractivity contribution is 7.89. The van der Waals surface area contributed by atoms with Crippen LogP contribution in [0, 0.1) is 6.92 Å². The summed E-state index contributed by atoms with van der Waals surface area (Å²) < 4.78 is 22.4. The lowest BCUT2D eigenvalue weighted by molar-refractivity contribution is -0.885. The number of primary sulfonamides is 1. The molecule has 0 radical (unpaired) electrons. The number of nitrogens with one attached hydrogen (secondary N) is 2. The number of thiophene rings is 1. The molecule has 1 atom stereocenters. The molecule has 0 saturated heterocycles. The van der Waals surface area contributed by atoms with Crippen molar-refractivity contribution in [2.45, 2.75) is 24.8 Å². The summed E-state index contributed by atoms with van der Waals surface area (Å²) >= 11 is 1.72. The van der Waals surface area contributed by atoms with E-state index in [-0.39, 0.29) is 10.8 Å². The van der Waals surface area contributed by atoms with Crippen LogP contribution in [0.4, 0.5) is 0 Å². The van der Waals surface area contributed by atoms with Crippen molar-refractivity contribution in [1.82, 2.24) is 5.32 Å². The third-order valence-electron chi connectivity index (χ3n) is 3.88. The second-order valence-corrected chi connectivity index (χ2v) is 8.69. The van der Waals surface area contributed by atoms with E-state index in [1.165, 1.54) is 22.6 Å². The fourth-order valence-electron chi connectivity index (χ4n) is 2.45. The first-order valence-electron chi connectivity index (χ1n) is 7.98. The Morgan fingerprint density at radius 1 is 1.24 bits per heavy atom. The Morgan fingerprint density at radius 2 is 1.92 bits per heavy atom. The van der Waals surface area contributed by atoms with Crippen molar-refractivity contribution in [2.75, 3.05) is 20.1 Å². The van der Waals surface area contributed by atoms with Gasteiger partial charge in [-0.15, -0.1) is 11.3 Å². The maximum atomic E-state index is 12.0. The van der Waals surface area contributed by atoms with Gasteiger partial charge in [0.05, 0.1) is 16.8 Å². The molecular weight excluding hydrogens is 358 g/mol. The first-order chi connectivity index (χ1) is 11.8. The second-order valence-electron chi connectivity index (χ2n) is 6.13. The number of hydrogen-bond donors (Lipinski definition) is 3. The maximum Gasteiger partial charge on any atom is 0.275 e. The fraction of sp³-hybridized carbons (Fsp3) is 0.353. The highest BCUT2D eigenvalue weighted by Crippen LogP contribution is 2.13. The molecule has 136 valence electrons. The van der Waals surface area contributed by atoms with Crippen LogP contribution >= 0.6 is 11.3 Å². The van der Waals surface area contributed by atoms with Gasteiger partial charge in [-0.2, -0.15) is 0 Å². The minimum absolute atomic E-state index is 0.00728. The molecule has 0 fully saturated rings. The van der Waals surface area contributed by atoms with Crippen LogP contribution in [-0.2, 0) is 27.8 Å². The van der Waals surface area contributed by atoms with Gasteiger partial charge >= 0.3 is 0 Å². The summed E-state index contributed by atoms with van der Waals surface area (Å²) in [5, 5.41) is 10.0. The fourth-order valence-corrected chi connectivity index (χ4v) is 3.99. The van der Waals surface area contributed by atoms with Gasteiger partial charge in [-0.3, -0.25) is 4.79 Å². The first kappa shape index (κ1) is 19.6. The summed E-state index contributed by atoms with van der Waals surface area (Å²) in [7, 11) is -1.66. The van der Waals surface area contributed by atoms with Crippen LogP contribution < -0.4 is 15.4 Å². The van der Waals surface area contributed by atoms with E-state index < -0.39 is 10.0 Å². The molecule has 0 aliphatic heterocycles. The van der Waals surface area contributed by atoms with Gasteiger partial charge in [-0.25, -0.2) is 13.6 Å². The molecule has 0 spiro atoms. The Labute approximate surface area is 152 Å². The molecule has 6 nitrogen and oxygen atoms in total. The van der Waals surface area contributed by atoms with Crippen LogP contribution in [0.1, 0.15) is 16.0 Å². The van der Waals surface area contributed by atoms with E-state index in [2.05, 4.69) is 23.7 Å². The first-order valence-corrected chi connectivity index (χ1v) is 10.4. The van der Waals surface area contributed by atoms with Crippen molar-refractivity contribution in [3.63, 3.8) is 0 Å². The summed E-state index contributed by atoms with van der Waals surface area (Å²) in [4.78, 5) is 14.6. The number of benzene rings is 1. The largest absolute Gasteiger partial charge is 0.351 e. The molecule has 0 saturated carbocycles. The minimum Gasteiger partial charge on any atom is -0.351 e. The lowest BCUT2D eigenvalue weighted by Crippen LogP contribution is -3.08. The zero-order valence-electron chi connectivity index (χ0n) is 14.4. The van der Waals surface area contributed by atoms with E-state index in [4.69, 9.17) is 5.14 Å². The smallest absolute Gasteiger partial charge is 0.275 e. The van der Waals surface area contributed by atoms with Gasteiger partial charge in [0.15, 0.2) is 6.54 Å². The van der Waals surface area contributed by atoms with Gasteiger partial charge in [-0.1, -0.05) is 12.1 Å². The number of aryl methyl sites for hydroxylation is 1. The van der Waals surface area contributed by atoms with Gasteiger partial charge in [0, 0.05) is 6.54 Å². The monoisotopic (exact) mass is 382 g/mol. The SMILES string of the molecule is Cc1ccsc1C[NH+](C)CC(=O)NCCc1ccc(S(N)(=O)=O)cc1. The Kier molecular flexibility index (Phi) is 6.71. The normalized spacial score (nSPS) is 12.8. The molecule has 4 N–H and O–H groups in total. The maximum absolute atomic E-state index is 12.0. The highest BCUT2D eigenvalue weighted by Gasteiger charge is 2.12. The zero-order valence-corrected chi connectivity index (χ0v) is 16.0. The van der Waals surface area contributed by atoms with E-state index >= 15 is 0 Å². The Bertz CT molecular complexity index is 814. The summed E-state index contributed by atoms with van der Waals surface area (Å²) in [5.41, 5.74) is 2.22. The minimum atomic E-state index is -3.66. The Morgan fingerprint density at radius 3 is 2.48 bits per heavy atom. The lowest BCUT2D eigenvalue weighted by atomic mass is 10.1. The van der Waals surface area contributed by atoms with Gasteiger partial charge in [0.1, 0.15) is 6.54 Å². The summed E-state index contributed by atoms with van der Waals surface area (Å²) in [6.45, 7) is 3.85. The number of likely N-dealkylation sites (N-methyl/N-ethyl adjacent to an activating group) is 1. The third kappa shape index (κ3) is 6.24. The number of sulfonamides is 1. The summed E-state index contributed by atoms with van der Waals surface area (Å²) in [5.74, 6) is 0.00728. The molecule has 8 heteroatoms. The number of hydrogen-bond acceptors (Lipinski definition) is 4. The van der Waals surface area contributed by atoms with Crippen molar-refractivity contribution in [3.8, 4) is 0 Å². The van der Waals surface area contributed by atoms with E-state index in [0.717, 1.165) is 17.0 Å². The number of quaternary nitrogens is 1. The van der Waals surface area contributed by atoms with E-state index in [9.17, 15) is 13.2 Å². The number of nitrogens with two attached hydrogens (primary N) is 1. The van der Waals surface area contributed by atoms with Crippen molar-refractivity contribution in [2.24, 2.45) is 5.14 Å². The molecule has 1 aromatic heterocycles. The van der Waals surface area contributed by atoms with Gasteiger partial charge < -0.3 is 10.2 Å². The van der Waals surface area contributed by atoms with E-state index in [1.807, 2.05) is 7.05 Å². The number of rotatable bonds is 8. The molecule has 1 unspecified atom stereocenters. The van der Waals surface area contributed by atoms with Crippen molar-refractivity contribution >= 4 is 27.3 Å². The van der Waals surface area contributed by atoms with Crippen molar-refractivity contribution in [1.29, 1.82) is 0 Å². The number of amides is 1. The topological polar surface area (TPSA) is 93.7 Å². The second kappa shape index (κ2) is 8.57. The predicted molar refractivity (Wildman–Crippen MR) is 99.0 cm³/mol. The Balaban J connectivity index is 1.74. The molecular formula is C17H24N3O3S2+. The van der Waals surface area contributed by atoms with E-state index in [1.54, 1.807) is 23.5 Å². The molecule has 0 bridgehead atoms. The van der Waals surface area contributed by atoms with Crippen LogP contribution in [0.25, 0.3) is 0 Å².